The summed E-state index contributed by atoms with van der Waals surface area (Å²) in [4.78, 5) is 11.2. The fraction of sp³-hybridized carbons (Fsp3) is 0.875. The molecule has 13 heavy (non-hydrogen) atoms. The van der Waals surface area contributed by atoms with Crippen LogP contribution in [0.3, 0.4) is 0 Å². The maximum Gasteiger partial charge on any atom is 0.233 e. The Morgan fingerprint density at radius 1 is 1.54 bits per heavy atom. The highest BCUT2D eigenvalue weighted by atomic mass is 32.1. The summed E-state index contributed by atoms with van der Waals surface area (Å²) in [5.41, 5.74) is -0.909. The predicted molar refractivity (Wildman–Crippen MR) is 53.8 cm³/mol. The fourth-order valence-electron chi connectivity index (χ4n) is 0.807. The first-order valence-electron chi connectivity index (χ1n) is 4.23. The van der Waals surface area contributed by atoms with Crippen LogP contribution in [0.1, 0.15) is 20.3 Å². The lowest BCUT2D eigenvalue weighted by Crippen LogP contribution is -2.55. The van der Waals surface area contributed by atoms with Gasteiger partial charge in [0.05, 0.1) is 24.0 Å². The van der Waals surface area contributed by atoms with Crippen LogP contribution in [-0.2, 0) is 4.79 Å². The van der Waals surface area contributed by atoms with Gasteiger partial charge in [-0.15, -0.1) is 0 Å². The minimum atomic E-state index is -0.909. The van der Waals surface area contributed by atoms with Crippen molar-refractivity contribution >= 4 is 18.5 Å². The van der Waals surface area contributed by atoms with Crippen molar-refractivity contribution in [2.45, 2.75) is 31.1 Å². The molecule has 0 aromatic heterocycles. The molecule has 0 fully saturated rings. The molecule has 0 saturated carbocycles. The van der Waals surface area contributed by atoms with Gasteiger partial charge in [-0.1, -0.05) is 6.92 Å². The van der Waals surface area contributed by atoms with Crippen molar-refractivity contribution in [3.05, 3.63) is 0 Å². The molecule has 0 spiro atoms. The highest BCUT2D eigenvalue weighted by Gasteiger charge is 2.29. The topological polar surface area (TPSA) is 69.6 Å². The van der Waals surface area contributed by atoms with E-state index in [0.29, 0.717) is 6.42 Å². The van der Waals surface area contributed by atoms with Gasteiger partial charge in [-0.05, 0) is 13.3 Å². The Hall–Kier alpha value is -0.260. The molecule has 0 aliphatic carbocycles. The number of hydrogen-bond acceptors (Lipinski definition) is 4. The number of aliphatic hydroxyl groups is 2. The minimum Gasteiger partial charge on any atom is -0.394 e. The molecule has 5 heteroatoms. The second-order valence-electron chi connectivity index (χ2n) is 3.12. The first kappa shape index (κ1) is 12.7. The van der Waals surface area contributed by atoms with Crippen molar-refractivity contribution in [3.63, 3.8) is 0 Å². The summed E-state index contributed by atoms with van der Waals surface area (Å²) in [5.74, 6) is -0.284. The number of nitrogens with one attached hydrogen (secondary N) is 1. The number of rotatable bonds is 5. The third-order valence-corrected chi connectivity index (χ3v) is 2.28. The van der Waals surface area contributed by atoms with Crippen molar-refractivity contribution in [3.8, 4) is 0 Å². The molecule has 0 aliphatic heterocycles. The zero-order valence-corrected chi connectivity index (χ0v) is 8.84. The summed E-state index contributed by atoms with van der Waals surface area (Å²) < 4.78 is 0. The van der Waals surface area contributed by atoms with Gasteiger partial charge in [0.25, 0.3) is 0 Å². The van der Waals surface area contributed by atoms with Crippen LogP contribution in [0.2, 0.25) is 0 Å². The summed E-state index contributed by atoms with van der Waals surface area (Å²) >= 11 is 3.95. The van der Waals surface area contributed by atoms with Crippen LogP contribution < -0.4 is 5.32 Å². The SMILES string of the molecule is CCC(CO)(CO)NC(=O)C(C)S. The smallest absolute Gasteiger partial charge is 0.233 e. The zero-order valence-electron chi connectivity index (χ0n) is 7.95. The molecule has 0 aromatic carbocycles. The fourth-order valence-corrected chi connectivity index (χ4v) is 0.871. The molecule has 0 rings (SSSR count). The van der Waals surface area contributed by atoms with Gasteiger partial charge in [-0.2, -0.15) is 12.6 Å². The van der Waals surface area contributed by atoms with E-state index < -0.39 is 10.8 Å². The van der Waals surface area contributed by atoms with Gasteiger partial charge in [-0.25, -0.2) is 0 Å². The van der Waals surface area contributed by atoms with Crippen LogP contribution >= 0.6 is 12.6 Å². The summed E-state index contributed by atoms with van der Waals surface area (Å²) in [6, 6.07) is 0. The summed E-state index contributed by atoms with van der Waals surface area (Å²) in [7, 11) is 0. The molecule has 0 aliphatic rings. The van der Waals surface area contributed by atoms with Crippen molar-refractivity contribution in [1.82, 2.24) is 5.32 Å². The van der Waals surface area contributed by atoms with Crippen molar-refractivity contribution in [1.29, 1.82) is 0 Å². The number of hydrogen-bond donors (Lipinski definition) is 4. The minimum absolute atomic E-state index is 0.272. The summed E-state index contributed by atoms with van der Waals surface area (Å²) in [6.45, 7) is 2.88. The lowest BCUT2D eigenvalue weighted by Gasteiger charge is -2.30. The molecule has 1 atom stereocenters. The molecule has 0 aromatic rings. The number of thiol groups is 1. The number of carbonyl (C=O) groups is 1. The Bertz CT molecular complexity index is 161. The van der Waals surface area contributed by atoms with Gasteiger partial charge in [0.1, 0.15) is 0 Å². The van der Waals surface area contributed by atoms with Crippen LogP contribution in [0.4, 0.5) is 0 Å². The average molecular weight is 207 g/mol. The normalized spacial score (nSPS) is 13.9. The van der Waals surface area contributed by atoms with Crippen LogP contribution in [0.5, 0.6) is 0 Å². The molecule has 4 nitrogen and oxygen atoms in total. The van der Waals surface area contributed by atoms with E-state index in [4.69, 9.17) is 10.2 Å². The molecule has 1 amide bonds. The van der Waals surface area contributed by atoms with E-state index in [1.807, 2.05) is 0 Å². The first-order valence-corrected chi connectivity index (χ1v) is 4.74. The third-order valence-electron chi connectivity index (χ3n) is 2.05. The van der Waals surface area contributed by atoms with Gasteiger partial charge in [0.15, 0.2) is 0 Å². The Balaban J connectivity index is 4.33. The number of aliphatic hydroxyl groups excluding tert-OH is 2. The Morgan fingerprint density at radius 3 is 2.23 bits per heavy atom. The van der Waals surface area contributed by atoms with E-state index in [0.717, 1.165) is 0 Å². The van der Waals surface area contributed by atoms with Crippen molar-refractivity contribution < 1.29 is 15.0 Å². The monoisotopic (exact) mass is 207 g/mol. The van der Waals surface area contributed by atoms with E-state index in [-0.39, 0.29) is 19.1 Å². The first-order chi connectivity index (χ1) is 6.01. The predicted octanol–water partition coefficient (Wildman–Crippen LogP) is -0.446. The Labute approximate surface area is 83.7 Å². The number of amides is 1. The molecule has 0 saturated heterocycles. The molecular weight excluding hydrogens is 190 g/mol. The van der Waals surface area contributed by atoms with Gasteiger partial charge >= 0.3 is 0 Å². The molecule has 0 bridgehead atoms. The van der Waals surface area contributed by atoms with Gasteiger partial charge in [0.2, 0.25) is 5.91 Å². The second-order valence-corrected chi connectivity index (χ2v) is 3.89. The standard InChI is InChI=1S/C8H17NO3S/c1-3-8(4-10,5-11)9-7(12)6(2)13/h6,10-11,13H,3-5H2,1-2H3,(H,9,12). The molecule has 0 radical (unpaired) electrons. The highest BCUT2D eigenvalue weighted by Crippen LogP contribution is 2.09. The molecule has 78 valence electrons. The van der Waals surface area contributed by atoms with Crippen LogP contribution in [0.15, 0.2) is 0 Å². The van der Waals surface area contributed by atoms with E-state index in [1.165, 1.54) is 0 Å². The molecule has 3 N–H and O–H groups in total. The maximum absolute atomic E-state index is 11.2. The van der Waals surface area contributed by atoms with Gasteiger partial charge in [-0.3, -0.25) is 4.79 Å². The van der Waals surface area contributed by atoms with E-state index in [2.05, 4.69) is 17.9 Å². The average Bonchev–Trinajstić information content (AvgIpc) is 2.14. The van der Waals surface area contributed by atoms with Gasteiger partial charge < -0.3 is 15.5 Å². The second kappa shape index (κ2) is 5.47. The Kier molecular flexibility index (Phi) is 5.36. The molecule has 0 heterocycles. The Morgan fingerprint density at radius 2 is 2.00 bits per heavy atom. The van der Waals surface area contributed by atoms with Crippen molar-refractivity contribution in [2.75, 3.05) is 13.2 Å². The van der Waals surface area contributed by atoms with E-state index in [1.54, 1.807) is 13.8 Å². The van der Waals surface area contributed by atoms with Crippen molar-refractivity contribution in [2.24, 2.45) is 0 Å². The maximum atomic E-state index is 11.2. The van der Waals surface area contributed by atoms with E-state index >= 15 is 0 Å². The molecular formula is C8H17NO3S. The number of carbonyl (C=O) groups excluding carboxylic acids is 1. The third kappa shape index (κ3) is 3.54. The quantitative estimate of drug-likeness (QED) is 0.462. The lowest BCUT2D eigenvalue weighted by molar-refractivity contribution is -0.123. The largest absolute Gasteiger partial charge is 0.394 e. The van der Waals surface area contributed by atoms with Crippen LogP contribution in [-0.4, -0.2) is 40.1 Å². The van der Waals surface area contributed by atoms with E-state index in [9.17, 15) is 4.79 Å². The molecule has 1 unspecified atom stereocenters. The zero-order chi connectivity index (χ0) is 10.5. The van der Waals surface area contributed by atoms with Crippen LogP contribution in [0, 0.1) is 0 Å². The van der Waals surface area contributed by atoms with Crippen LogP contribution in [0.25, 0.3) is 0 Å². The lowest BCUT2D eigenvalue weighted by atomic mass is 9.98. The summed E-state index contributed by atoms with van der Waals surface area (Å²) in [5, 5.41) is 20.1. The highest BCUT2D eigenvalue weighted by molar-refractivity contribution is 7.81. The summed E-state index contributed by atoms with van der Waals surface area (Å²) in [6.07, 6.45) is 0.478. The van der Waals surface area contributed by atoms with Gasteiger partial charge in [0, 0.05) is 0 Å².